The Morgan fingerprint density at radius 1 is 1.21 bits per heavy atom. The fraction of sp³-hybridized carbons (Fsp3) is 0.462. The number of para-hydroxylation sites is 1. The number of rotatable bonds is 4. The summed E-state index contributed by atoms with van der Waals surface area (Å²) in [7, 11) is -3.48. The van der Waals surface area contributed by atoms with E-state index in [-0.39, 0.29) is 10.7 Å². The number of Topliss-reactive ketones (excluding diaryl/α,β-unsaturated/α-hetero) is 1. The van der Waals surface area contributed by atoms with Gasteiger partial charge in [-0.25, -0.2) is 13.1 Å². The second-order valence-corrected chi connectivity index (χ2v) is 6.23. The predicted molar refractivity (Wildman–Crippen MR) is 73.8 cm³/mol. The van der Waals surface area contributed by atoms with Crippen LogP contribution in [-0.2, 0) is 14.8 Å². The fourth-order valence-electron chi connectivity index (χ4n) is 2.21. The molecule has 0 aromatic heterocycles. The van der Waals surface area contributed by atoms with Crippen LogP contribution < -0.4 is 9.62 Å². The van der Waals surface area contributed by atoms with Crippen molar-refractivity contribution in [2.24, 2.45) is 0 Å². The smallest absolute Gasteiger partial charge is 0.242 e. The van der Waals surface area contributed by atoms with E-state index in [4.69, 9.17) is 0 Å². The summed E-state index contributed by atoms with van der Waals surface area (Å²) in [6.45, 7) is 3.27. The molecule has 0 unspecified atom stereocenters. The molecule has 0 bridgehead atoms. The maximum atomic E-state index is 12.2. The van der Waals surface area contributed by atoms with Gasteiger partial charge in [0.05, 0.1) is 5.69 Å². The van der Waals surface area contributed by atoms with E-state index in [1.807, 2.05) is 11.0 Å². The molecule has 1 aromatic rings. The van der Waals surface area contributed by atoms with E-state index in [2.05, 4.69) is 4.72 Å². The number of nitrogens with one attached hydrogen (secondary N) is 1. The monoisotopic (exact) mass is 282 g/mol. The third-order valence-corrected chi connectivity index (χ3v) is 4.74. The molecule has 104 valence electrons. The van der Waals surface area contributed by atoms with Crippen molar-refractivity contribution in [3.63, 3.8) is 0 Å². The van der Waals surface area contributed by atoms with E-state index in [0.29, 0.717) is 38.2 Å². The van der Waals surface area contributed by atoms with Gasteiger partial charge in [0, 0.05) is 32.5 Å². The van der Waals surface area contributed by atoms with Gasteiger partial charge in [-0.15, -0.1) is 0 Å². The Balaban J connectivity index is 2.34. The van der Waals surface area contributed by atoms with E-state index in [1.54, 1.807) is 25.1 Å². The van der Waals surface area contributed by atoms with Gasteiger partial charge in [0.2, 0.25) is 10.0 Å². The molecule has 2 rings (SSSR count). The highest BCUT2D eigenvalue weighted by molar-refractivity contribution is 7.89. The quantitative estimate of drug-likeness (QED) is 0.899. The van der Waals surface area contributed by atoms with Crippen molar-refractivity contribution < 1.29 is 13.2 Å². The zero-order valence-electron chi connectivity index (χ0n) is 10.9. The summed E-state index contributed by atoms with van der Waals surface area (Å²) in [5, 5.41) is 0. The van der Waals surface area contributed by atoms with E-state index < -0.39 is 10.0 Å². The number of piperidine rings is 1. The molecule has 19 heavy (non-hydrogen) atoms. The Bertz CT molecular complexity index is 559. The van der Waals surface area contributed by atoms with Crippen molar-refractivity contribution in [3.8, 4) is 0 Å². The number of benzene rings is 1. The summed E-state index contributed by atoms with van der Waals surface area (Å²) < 4.78 is 26.8. The van der Waals surface area contributed by atoms with Gasteiger partial charge in [-0.05, 0) is 12.1 Å². The Hall–Kier alpha value is -1.40. The summed E-state index contributed by atoms with van der Waals surface area (Å²) >= 11 is 0. The predicted octanol–water partition coefficient (Wildman–Crippen LogP) is 1.15. The number of ketones is 1. The number of hydrogen-bond donors (Lipinski definition) is 1. The van der Waals surface area contributed by atoms with Crippen molar-refractivity contribution >= 4 is 21.5 Å². The van der Waals surface area contributed by atoms with Crippen LogP contribution in [0.2, 0.25) is 0 Å². The van der Waals surface area contributed by atoms with E-state index >= 15 is 0 Å². The lowest BCUT2D eigenvalue weighted by atomic mass is 10.1. The van der Waals surface area contributed by atoms with Crippen LogP contribution in [-0.4, -0.2) is 33.8 Å². The summed E-state index contributed by atoms with van der Waals surface area (Å²) in [5.41, 5.74) is 0.677. The Morgan fingerprint density at radius 2 is 1.84 bits per heavy atom. The molecule has 6 heteroatoms. The number of carbonyl (C=O) groups excluding carboxylic acids is 1. The molecule has 0 radical (unpaired) electrons. The van der Waals surface area contributed by atoms with E-state index in [9.17, 15) is 13.2 Å². The van der Waals surface area contributed by atoms with Crippen LogP contribution in [0, 0.1) is 0 Å². The number of hydrogen-bond acceptors (Lipinski definition) is 4. The lowest BCUT2D eigenvalue weighted by Gasteiger charge is -2.29. The molecule has 1 aromatic carbocycles. The van der Waals surface area contributed by atoms with E-state index in [0.717, 1.165) is 0 Å². The fourth-order valence-corrected chi connectivity index (χ4v) is 3.48. The normalized spacial score (nSPS) is 16.7. The van der Waals surface area contributed by atoms with Crippen molar-refractivity contribution in [3.05, 3.63) is 24.3 Å². The standard InChI is InChI=1S/C13H18N2O3S/c1-2-14-19(17,18)13-6-4-3-5-12(13)15-9-7-11(16)8-10-15/h3-6,14H,2,7-10H2,1H3. The molecule has 1 aliphatic heterocycles. The van der Waals surface area contributed by atoms with Gasteiger partial charge in [-0.3, -0.25) is 4.79 Å². The van der Waals surface area contributed by atoms with Crippen molar-refractivity contribution in [2.75, 3.05) is 24.5 Å². The van der Waals surface area contributed by atoms with Crippen LogP contribution in [0.3, 0.4) is 0 Å². The molecule has 1 heterocycles. The summed E-state index contributed by atoms with van der Waals surface area (Å²) in [5.74, 6) is 0.239. The van der Waals surface area contributed by atoms with Gasteiger partial charge in [-0.1, -0.05) is 19.1 Å². The van der Waals surface area contributed by atoms with Crippen molar-refractivity contribution in [1.29, 1.82) is 0 Å². The Kier molecular flexibility index (Phi) is 4.21. The van der Waals surface area contributed by atoms with Gasteiger partial charge in [0.25, 0.3) is 0 Å². The highest BCUT2D eigenvalue weighted by atomic mass is 32.2. The van der Waals surface area contributed by atoms with Crippen LogP contribution >= 0.6 is 0 Å². The highest BCUT2D eigenvalue weighted by Gasteiger charge is 2.23. The van der Waals surface area contributed by atoms with Gasteiger partial charge in [0.1, 0.15) is 10.7 Å². The lowest BCUT2D eigenvalue weighted by Crippen LogP contribution is -2.35. The SMILES string of the molecule is CCNS(=O)(=O)c1ccccc1N1CCC(=O)CC1. The topological polar surface area (TPSA) is 66.5 Å². The molecule has 1 fully saturated rings. The summed E-state index contributed by atoms with van der Waals surface area (Å²) in [4.78, 5) is 13.5. The first-order valence-electron chi connectivity index (χ1n) is 6.40. The Labute approximate surface area is 113 Å². The molecule has 1 saturated heterocycles. The van der Waals surface area contributed by atoms with Crippen molar-refractivity contribution in [1.82, 2.24) is 4.72 Å². The first-order chi connectivity index (χ1) is 9.04. The largest absolute Gasteiger partial charge is 0.370 e. The maximum Gasteiger partial charge on any atom is 0.242 e. The molecule has 0 atom stereocenters. The maximum absolute atomic E-state index is 12.2. The van der Waals surface area contributed by atoms with Crippen LogP contribution in [0.4, 0.5) is 5.69 Å². The molecule has 0 saturated carbocycles. The molecule has 1 aliphatic rings. The minimum Gasteiger partial charge on any atom is -0.370 e. The number of anilines is 1. The lowest BCUT2D eigenvalue weighted by molar-refractivity contribution is -0.119. The first kappa shape index (κ1) is 14.0. The Morgan fingerprint density at radius 3 is 2.47 bits per heavy atom. The number of carbonyl (C=O) groups is 1. The molecular weight excluding hydrogens is 264 g/mol. The zero-order valence-corrected chi connectivity index (χ0v) is 11.7. The van der Waals surface area contributed by atoms with Gasteiger partial charge < -0.3 is 4.90 Å². The number of nitrogens with zero attached hydrogens (tertiary/aromatic N) is 1. The van der Waals surface area contributed by atoms with E-state index in [1.165, 1.54) is 0 Å². The van der Waals surface area contributed by atoms with Crippen LogP contribution in [0.25, 0.3) is 0 Å². The third-order valence-electron chi connectivity index (χ3n) is 3.15. The van der Waals surface area contributed by atoms with Gasteiger partial charge in [-0.2, -0.15) is 0 Å². The van der Waals surface area contributed by atoms with Crippen LogP contribution in [0.15, 0.2) is 29.2 Å². The molecule has 1 N–H and O–H groups in total. The number of sulfonamides is 1. The second kappa shape index (κ2) is 5.71. The molecule has 5 nitrogen and oxygen atoms in total. The first-order valence-corrected chi connectivity index (χ1v) is 7.88. The minimum atomic E-state index is -3.48. The van der Waals surface area contributed by atoms with Crippen LogP contribution in [0.1, 0.15) is 19.8 Å². The van der Waals surface area contributed by atoms with Crippen LogP contribution in [0.5, 0.6) is 0 Å². The average molecular weight is 282 g/mol. The zero-order chi connectivity index (χ0) is 13.9. The molecule has 0 spiro atoms. The average Bonchev–Trinajstić information content (AvgIpc) is 2.39. The molecule has 0 amide bonds. The van der Waals surface area contributed by atoms with Crippen molar-refractivity contribution in [2.45, 2.75) is 24.7 Å². The van der Waals surface area contributed by atoms with Gasteiger partial charge >= 0.3 is 0 Å². The minimum absolute atomic E-state index is 0.239. The second-order valence-electron chi connectivity index (χ2n) is 4.49. The third kappa shape index (κ3) is 3.13. The molecule has 0 aliphatic carbocycles. The van der Waals surface area contributed by atoms with Gasteiger partial charge in [0.15, 0.2) is 0 Å². The highest BCUT2D eigenvalue weighted by Crippen LogP contribution is 2.26. The summed E-state index contributed by atoms with van der Waals surface area (Å²) in [6.07, 6.45) is 0.963. The molecular formula is C13H18N2O3S. The summed E-state index contributed by atoms with van der Waals surface area (Å²) in [6, 6.07) is 6.92.